The summed E-state index contributed by atoms with van der Waals surface area (Å²) in [5.74, 6) is -0.701. The molecule has 2 N–H and O–H groups in total. The molecule has 0 radical (unpaired) electrons. The van der Waals surface area contributed by atoms with E-state index in [4.69, 9.17) is 27.9 Å². The maximum Gasteiger partial charge on any atom is 0.132 e. The van der Waals surface area contributed by atoms with Gasteiger partial charge < -0.3 is 24.5 Å². The minimum Gasteiger partial charge on any atom is -0.368 e. The molecule has 1 fully saturated rings. The largest absolute Gasteiger partial charge is 0.368 e. The number of imidazole rings is 2. The summed E-state index contributed by atoms with van der Waals surface area (Å²) in [6.07, 6.45) is 6.96. The molecule has 1 aliphatic rings. The predicted octanol–water partition coefficient (Wildman–Crippen LogP) is 12.1. The van der Waals surface area contributed by atoms with E-state index in [0.717, 1.165) is 75.3 Å². The number of aromatic amines is 1. The van der Waals surface area contributed by atoms with Crippen molar-refractivity contribution in [2.75, 3.05) is 37.7 Å². The number of hydrogen-bond acceptors (Lipinski definition) is 7. The molecule has 8 aromatic rings. The Morgan fingerprint density at radius 1 is 0.738 bits per heavy atom. The van der Waals surface area contributed by atoms with E-state index < -0.39 is 8.07 Å². The van der Waals surface area contributed by atoms with E-state index in [0.29, 0.717) is 57.3 Å². The molecule has 0 atom stereocenters. The van der Waals surface area contributed by atoms with Crippen LogP contribution in [0.4, 0.5) is 14.5 Å². The SMILES string of the molecule is C[Si](C)(C)CCOCn1cnc(-c2ccc3ncc(Br)cc3c2)c1-c1cc(Cl)ccc1F.Fc1ccc(Cl)cc1-c1[nH]cnc1-c1ccc2ncc(N3CCNCC3)cc2c1. The molecule has 9 rings (SSSR count). The molecule has 4 aromatic heterocycles. The molecular weight excluding hydrogens is 897 g/mol. The third-order valence-corrected chi connectivity index (χ3v) is 13.0. The highest BCUT2D eigenvalue weighted by molar-refractivity contribution is 9.10. The van der Waals surface area contributed by atoms with Gasteiger partial charge in [-0.25, -0.2) is 18.7 Å². The fourth-order valence-corrected chi connectivity index (χ4v) is 8.67. The predicted molar refractivity (Wildman–Crippen MR) is 250 cm³/mol. The zero-order valence-electron chi connectivity index (χ0n) is 33.8. The molecular formula is C46H43BrCl2F2N8OSi. The lowest BCUT2D eigenvalue weighted by atomic mass is 10.0. The second kappa shape index (κ2) is 18.5. The number of fused-ring (bicyclic) bond motifs is 2. The number of nitrogens with one attached hydrogen (secondary N) is 2. The Labute approximate surface area is 372 Å². The molecule has 0 bridgehead atoms. The number of aromatic nitrogens is 6. The van der Waals surface area contributed by atoms with Gasteiger partial charge in [0.15, 0.2) is 0 Å². The van der Waals surface area contributed by atoms with E-state index in [1.165, 1.54) is 18.2 Å². The smallest absolute Gasteiger partial charge is 0.132 e. The molecule has 0 unspecified atom stereocenters. The molecule has 4 aromatic carbocycles. The van der Waals surface area contributed by atoms with Gasteiger partial charge >= 0.3 is 0 Å². The van der Waals surface area contributed by atoms with Crippen molar-refractivity contribution in [2.24, 2.45) is 0 Å². The molecule has 15 heteroatoms. The first-order valence-electron chi connectivity index (χ1n) is 19.9. The van der Waals surface area contributed by atoms with Gasteiger partial charge in [-0.3, -0.25) is 9.97 Å². The van der Waals surface area contributed by atoms with E-state index in [9.17, 15) is 8.78 Å². The summed E-state index contributed by atoms with van der Waals surface area (Å²) < 4.78 is 38.0. The molecule has 0 saturated carbocycles. The molecule has 0 spiro atoms. The number of pyridine rings is 2. The third-order valence-electron chi connectivity index (χ3n) is 10.4. The van der Waals surface area contributed by atoms with Gasteiger partial charge in [-0.15, -0.1) is 0 Å². The van der Waals surface area contributed by atoms with Gasteiger partial charge in [-0.05, 0) is 94.8 Å². The van der Waals surface area contributed by atoms with E-state index in [-0.39, 0.29) is 11.6 Å². The van der Waals surface area contributed by atoms with Crippen molar-refractivity contribution in [1.82, 2.24) is 34.8 Å². The van der Waals surface area contributed by atoms with Gasteiger partial charge in [0, 0.05) is 94.6 Å². The number of halogens is 5. The van der Waals surface area contributed by atoms with Crippen LogP contribution >= 0.6 is 39.1 Å². The molecule has 0 amide bonds. The topological polar surface area (TPSA) is 96.8 Å². The van der Waals surface area contributed by atoms with Gasteiger partial charge in [0.2, 0.25) is 0 Å². The minimum absolute atomic E-state index is 0.291. The maximum atomic E-state index is 14.9. The van der Waals surface area contributed by atoms with Crippen LogP contribution in [0.15, 0.2) is 114 Å². The summed E-state index contributed by atoms with van der Waals surface area (Å²) in [5.41, 5.74) is 8.06. The molecule has 5 heterocycles. The van der Waals surface area contributed by atoms with Crippen LogP contribution in [0.1, 0.15) is 0 Å². The zero-order chi connectivity index (χ0) is 42.7. The summed E-state index contributed by atoms with van der Waals surface area (Å²) in [6, 6.07) is 26.2. The van der Waals surface area contributed by atoms with Crippen LogP contribution < -0.4 is 10.2 Å². The summed E-state index contributed by atoms with van der Waals surface area (Å²) >= 11 is 15.8. The number of benzene rings is 4. The number of H-pyrrole nitrogens is 1. The highest BCUT2D eigenvalue weighted by Gasteiger charge is 2.21. The number of hydrogen-bond donors (Lipinski definition) is 2. The van der Waals surface area contributed by atoms with Gasteiger partial charge in [0.1, 0.15) is 18.4 Å². The number of rotatable bonds is 10. The van der Waals surface area contributed by atoms with Gasteiger partial charge in [-0.1, -0.05) is 55.0 Å². The third kappa shape index (κ3) is 10.0. The summed E-state index contributed by atoms with van der Waals surface area (Å²) in [5, 5.41) is 6.30. The Morgan fingerprint density at radius 2 is 1.38 bits per heavy atom. The summed E-state index contributed by atoms with van der Waals surface area (Å²) in [7, 11) is -1.20. The number of ether oxygens (including phenoxy) is 1. The van der Waals surface area contributed by atoms with Gasteiger partial charge in [0.25, 0.3) is 0 Å². The van der Waals surface area contributed by atoms with Crippen LogP contribution in [0.5, 0.6) is 0 Å². The standard InChI is InChI=1S/C24H24BrClFN3OSi.C22H19ClFN5/c1-32(2,3)9-8-31-15-30-14-29-23(24(30)20-12-19(26)5-6-21(20)27)16-4-7-22-17(10-16)11-18(25)13-28-22;23-16-2-3-19(24)18(11-16)22-21(27-13-28-22)14-1-4-20-15(9-14)10-17(12-26-20)29-7-5-25-6-8-29/h4-7,10-14H,8-9,15H2,1-3H3;1-4,9-13,25H,5-8H2,(H,27,28). The molecule has 1 aliphatic heterocycles. The average molecular weight is 941 g/mol. The second-order valence-corrected chi connectivity index (χ2v) is 23.4. The maximum absolute atomic E-state index is 14.9. The lowest BCUT2D eigenvalue weighted by Gasteiger charge is -2.29. The van der Waals surface area contributed by atoms with Crippen LogP contribution in [-0.2, 0) is 11.5 Å². The Kier molecular flexibility index (Phi) is 13.0. The quantitative estimate of drug-likeness (QED) is 0.104. The van der Waals surface area contributed by atoms with Crippen LogP contribution in [0.3, 0.4) is 0 Å². The number of piperazine rings is 1. The van der Waals surface area contributed by atoms with Crippen molar-refractivity contribution in [3.8, 4) is 45.0 Å². The summed E-state index contributed by atoms with van der Waals surface area (Å²) in [6.45, 7) is 11.8. The van der Waals surface area contributed by atoms with E-state index in [1.54, 1.807) is 37.1 Å². The lowest BCUT2D eigenvalue weighted by molar-refractivity contribution is 0.0882. The number of anilines is 1. The number of nitrogens with zero attached hydrogens (tertiary/aromatic N) is 6. The fourth-order valence-electron chi connectivity index (χ4n) is 7.22. The van der Waals surface area contributed by atoms with Crippen LogP contribution in [0.2, 0.25) is 35.7 Å². The van der Waals surface area contributed by atoms with Crippen molar-refractivity contribution in [3.05, 3.63) is 136 Å². The zero-order valence-corrected chi connectivity index (χ0v) is 37.9. The molecule has 61 heavy (non-hydrogen) atoms. The van der Waals surface area contributed by atoms with E-state index in [2.05, 4.69) is 82.8 Å². The second-order valence-electron chi connectivity index (χ2n) is 16.0. The molecule has 9 nitrogen and oxygen atoms in total. The minimum atomic E-state index is -1.20. The normalized spacial score (nSPS) is 13.1. The van der Waals surface area contributed by atoms with E-state index in [1.807, 2.05) is 47.2 Å². The van der Waals surface area contributed by atoms with Gasteiger partial charge in [-0.2, -0.15) is 0 Å². The highest BCUT2D eigenvalue weighted by Crippen LogP contribution is 2.37. The lowest BCUT2D eigenvalue weighted by Crippen LogP contribution is -2.43. The molecule has 0 aliphatic carbocycles. The van der Waals surface area contributed by atoms with E-state index >= 15 is 0 Å². The fraction of sp³-hybridized carbons (Fsp3) is 0.217. The average Bonchev–Trinajstić information content (AvgIpc) is 3.92. The van der Waals surface area contributed by atoms with Crippen molar-refractivity contribution in [3.63, 3.8) is 0 Å². The van der Waals surface area contributed by atoms with Crippen molar-refractivity contribution >= 4 is 74.7 Å². The van der Waals surface area contributed by atoms with Crippen LogP contribution in [0.25, 0.3) is 66.8 Å². The first-order valence-corrected chi connectivity index (χ1v) is 25.1. The molecule has 1 saturated heterocycles. The Morgan fingerprint density at radius 3 is 2.08 bits per heavy atom. The first kappa shape index (κ1) is 42.7. The van der Waals surface area contributed by atoms with Crippen molar-refractivity contribution in [2.45, 2.75) is 32.4 Å². The van der Waals surface area contributed by atoms with Crippen molar-refractivity contribution < 1.29 is 13.5 Å². The van der Waals surface area contributed by atoms with Crippen LogP contribution in [-0.4, -0.2) is 70.3 Å². The first-order chi connectivity index (χ1) is 29.4. The van der Waals surface area contributed by atoms with Crippen LogP contribution in [0, 0.1) is 11.6 Å². The Balaban J connectivity index is 0.000000169. The Bertz CT molecular complexity index is 2840. The molecule has 312 valence electrons. The van der Waals surface area contributed by atoms with Gasteiger partial charge in [0.05, 0.1) is 58.3 Å². The van der Waals surface area contributed by atoms with Crippen molar-refractivity contribution in [1.29, 1.82) is 0 Å². The monoisotopic (exact) mass is 938 g/mol. The summed E-state index contributed by atoms with van der Waals surface area (Å²) in [4.78, 5) is 23.5. The highest BCUT2D eigenvalue weighted by atomic mass is 79.9. The Hall–Kier alpha value is -5.02.